The molecule has 0 amide bonds. The lowest BCUT2D eigenvalue weighted by molar-refractivity contribution is -0.140. The molecule has 3 aromatic rings. The van der Waals surface area contributed by atoms with Crippen LogP contribution >= 0.6 is 0 Å². The maximum Gasteiger partial charge on any atom is 0.311 e. The number of rotatable bonds is 5. The number of aliphatic carboxylic acids is 1. The molecule has 0 radical (unpaired) electrons. The molecule has 28 heavy (non-hydrogen) atoms. The minimum absolute atomic E-state index is 0.274. The summed E-state index contributed by atoms with van der Waals surface area (Å²) >= 11 is 0. The van der Waals surface area contributed by atoms with Gasteiger partial charge in [-0.2, -0.15) is 0 Å². The summed E-state index contributed by atoms with van der Waals surface area (Å²) in [5.74, 6) is -0.774. The average Bonchev–Trinajstić information content (AvgIpc) is 2.95. The van der Waals surface area contributed by atoms with Crippen molar-refractivity contribution in [2.45, 2.75) is 58.4 Å². The second-order valence-electron chi connectivity index (χ2n) is 8.27. The Bertz CT molecular complexity index is 978. The Morgan fingerprint density at radius 3 is 2.39 bits per heavy atom. The number of hydrogen-bond donors (Lipinski definition) is 1. The molecule has 1 aromatic heterocycles. The molecule has 0 bridgehead atoms. The summed E-state index contributed by atoms with van der Waals surface area (Å²) in [6, 6.07) is 16.8. The number of aryl methyl sites for hydroxylation is 1. The standard InChI is InChI=1S/C25H29NO2/c1-17-18(2)26(23-11-7-6-10-22(17)23)16-19-12-14-21(15-13-19)24(25(27)28)20-8-4-3-5-9-20/h6-7,10-15,20,24H,3-5,8-9,16H2,1-2H3,(H,27,28). The van der Waals surface area contributed by atoms with Gasteiger partial charge in [-0.15, -0.1) is 0 Å². The van der Waals surface area contributed by atoms with Crippen LogP contribution in [-0.4, -0.2) is 15.6 Å². The first-order valence-corrected chi connectivity index (χ1v) is 10.4. The summed E-state index contributed by atoms with van der Waals surface area (Å²) < 4.78 is 2.36. The second kappa shape index (κ2) is 7.83. The molecule has 0 spiro atoms. The van der Waals surface area contributed by atoms with Crippen LogP contribution in [0.15, 0.2) is 48.5 Å². The van der Waals surface area contributed by atoms with Gasteiger partial charge in [-0.3, -0.25) is 4.79 Å². The fraction of sp³-hybridized carbons (Fsp3) is 0.400. The minimum atomic E-state index is -0.678. The molecule has 1 fully saturated rings. The van der Waals surface area contributed by atoms with Crippen LogP contribution in [0.1, 0.15) is 60.4 Å². The SMILES string of the molecule is Cc1c(C)n(Cc2ccc(C(C(=O)O)C3CCCCC3)cc2)c2ccccc12. The van der Waals surface area contributed by atoms with Crippen molar-refractivity contribution in [3.05, 3.63) is 70.9 Å². The van der Waals surface area contributed by atoms with E-state index in [9.17, 15) is 9.90 Å². The zero-order valence-corrected chi connectivity index (χ0v) is 16.8. The van der Waals surface area contributed by atoms with E-state index < -0.39 is 5.97 Å². The zero-order valence-electron chi connectivity index (χ0n) is 16.8. The van der Waals surface area contributed by atoms with Gasteiger partial charge in [-0.05, 0) is 55.4 Å². The Balaban J connectivity index is 1.60. The molecular weight excluding hydrogens is 346 g/mol. The number of carboxylic acid groups (broad SMARTS) is 1. The number of aromatic nitrogens is 1. The van der Waals surface area contributed by atoms with Gasteiger partial charge in [0.25, 0.3) is 0 Å². The normalized spacial score (nSPS) is 16.4. The van der Waals surface area contributed by atoms with Crippen molar-refractivity contribution in [1.82, 2.24) is 4.57 Å². The fourth-order valence-electron chi connectivity index (χ4n) is 4.90. The summed E-state index contributed by atoms with van der Waals surface area (Å²) in [6.45, 7) is 5.16. The molecule has 0 saturated heterocycles. The molecule has 3 nitrogen and oxygen atoms in total. The van der Waals surface area contributed by atoms with E-state index in [2.05, 4.69) is 54.8 Å². The summed E-state index contributed by atoms with van der Waals surface area (Å²) in [4.78, 5) is 12.0. The van der Waals surface area contributed by atoms with Gasteiger partial charge in [0.15, 0.2) is 0 Å². The van der Waals surface area contributed by atoms with Crippen molar-refractivity contribution in [2.75, 3.05) is 0 Å². The number of para-hydroxylation sites is 1. The topological polar surface area (TPSA) is 42.2 Å². The highest BCUT2D eigenvalue weighted by Crippen LogP contribution is 2.36. The van der Waals surface area contributed by atoms with Gasteiger partial charge >= 0.3 is 5.97 Å². The number of benzene rings is 2. The van der Waals surface area contributed by atoms with Crippen LogP contribution in [-0.2, 0) is 11.3 Å². The molecule has 2 aromatic carbocycles. The molecule has 1 heterocycles. The lowest BCUT2D eigenvalue weighted by Crippen LogP contribution is -2.23. The fourth-order valence-corrected chi connectivity index (χ4v) is 4.90. The minimum Gasteiger partial charge on any atom is -0.481 e. The monoisotopic (exact) mass is 375 g/mol. The molecule has 4 rings (SSSR count). The molecule has 1 N–H and O–H groups in total. The van der Waals surface area contributed by atoms with Crippen LogP contribution in [0.5, 0.6) is 0 Å². The lowest BCUT2D eigenvalue weighted by Gasteiger charge is -2.27. The van der Waals surface area contributed by atoms with Crippen molar-refractivity contribution in [2.24, 2.45) is 5.92 Å². The maximum absolute atomic E-state index is 12.0. The van der Waals surface area contributed by atoms with Crippen molar-refractivity contribution < 1.29 is 9.90 Å². The van der Waals surface area contributed by atoms with E-state index in [0.29, 0.717) is 0 Å². The third-order valence-corrected chi connectivity index (χ3v) is 6.61. The van der Waals surface area contributed by atoms with E-state index in [1.54, 1.807) is 0 Å². The van der Waals surface area contributed by atoms with Crippen LogP contribution < -0.4 is 0 Å². The summed E-state index contributed by atoms with van der Waals surface area (Å²) in [6.07, 6.45) is 5.63. The largest absolute Gasteiger partial charge is 0.481 e. The lowest BCUT2D eigenvalue weighted by atomic mass is 9.77. The van der Waals surface area contributed by atoms with E-state index in [1.165, 1.54) is 34.1 Å². The van der Waals surface area contributed by atoms with Crippen LogP contribution in [0.25, 0.3) is 10.9 Å². The number of carbonyl (C=O) groups is 1. The third kappa shape index (κ3) is 3.46. The Labute approximate surface area is 167 Å². The van der Waals surface area contributed by atoms with E-state index in [4.69, 9.17) is 0 Å². The zero-order chi connectivity index (χ0) is 19.7. The Morgan fingerprint density at radius 2 is 1.71 bits per heavy atom. The van der Waals surface area contributed by atoms with Crippen molar-refractivity contribution in [3.8, 4) is 0 Å². The highest BCUT2D eigenvalue weighted by atomic mass is 16.4. The maximum atomic E-state index is 12.0. The van der Waals surface area contributed by atoms with Crippen LogP contribution in [0.3, 0.4) is 0 Å². The average molecular weight is 376 g/mol. The van der Waals surface area contributed by atoms with Gasteiger partial charge in [-0.1, -0.05) is 61.7 Å². The summed E-state index contributed by atoms with van der Waals surface area (Å²) in [7, 11) is 0. The first-order chi connectivity index (χ1) is 13.6. The van der Waals surface area contributed by atoms with Gasteiger partial charge < -0.3 is 9.67 Å². The Hall–Kier alpha value is -2.55. The van der Waals surface area contributed by atoms with Crippen LogP contribution in [0.2, 0.25) is 0 Å². The van der Waals surface area contributed by atoms with Crippen molar-refractivity contribution in [1.29, 1.82) is 0 Å². The summed E-state index contributed by atoms with van der Waals surface area (Å²) in [5, 5.41) is 11.1. The van der Waals surface area contributed by atoms with Crippen molar-refractivity contribution >= 4 is 16.9 Å². The number of fused-ring (bicyclic) bond motifs is 1. The quantitative estimate of drug-likeness (QED) is 0.589. The predicted octanol–water partition coefficient (Wildman–Crippen LogP) is 6.05. The van der Waals surface area contributed by atoms with Crippen molar-refractivity contribution in [3.63, 3.8) is 0 Å². The highest BCUT2D eigenvalue weighted by Gasteiger charge is 2.30. The molecule has 1 saturated carbocycles. The highest BCUT2D eigenvalue weighted by molar-refractivity contribution is 5.85. The predicted molar refractivity (Wildman–Crippen MR) is 114 cm³/mol. The number of hydrogen-bond acceptors (Lipinski definition) is 1. The van der Waals surface area contributed by atoms with E-state index >= 15 is 0 Å². The van der Waals surface area contributed by atoms with Gasteiger partial charge in [0.2, 0.25) is 0 Å². The van der Waals surface area contributed by atoms with E-state index in [0.717, 1.165) is 37.8 Å². The molecule has 1 unspecified atom stereocenters. The molecule has 1 atom stereocenters. The molecule has 3 heteroatoms. The number of nitrogens with zero attached hydrogens (tertiary/aromatic N) is 1. The third-order valence-electron chi connectivity index (χ3n) is 6.61. The molecule has 1 aliphatic carbocycles. The first kappa shape index (κ1) is 18.8. The smallest absolute Gasteiger partial charge is 0.311 e. The Kier molecular flexibility index (Phi) is 5.25. The molecular formula is C25H29NO2. The molecule has 146 valence electrons. The number of carboxylic acids is 1. The van der Waals surface area contributed by atoms with Gasteiger partial charge in [0.05, 0.1) is 5.92 Å². The molecule has 1 aliphatic rings. The Morgan fingerprint density at radius 1 is 1.04 bits per heavy atom. The van der Waals surface area contributed by atoms with E-state index in [1.807, 2.05) is 12.1 Å². The van der Waals surface area contributed by atoms with Gasteiger partial charge in [0.1, 0.15) is 0 Å². The van der Waals surface area contributed by atoms with Crippen LogP contribution in [0.4, 0.5) is 0 Å². The van der Waals surface area contributed by atoms with Crippen LogP contribution in [0, 0.1) is 19.8 Å². The molecule has 0 aliphatic heterocycles. The first-order valence-electron chi connectivity index (χ1n) is 10.4. The second-order valence-corrected chi connectivity index (χ2v) is 8.27. The van der Waals surface area contributed by atoms with Gasteiger partial charge in [-0.25, -0.2) is 0 Å². The van der Waals surface area contributed by atoms with Gasteiger partial charge in [0, 0.05) is 23.1 Å². The summed E-state index contributed by atoms with van der Waals surface area (Å²) in [5.41, 5.74) is 6.03. The van der Waals surface area contributed by atoms with E-state index in [-0.39, 0.29) is 11.8 Å².